The van der Waals surface area contributed by atoms with E-state index in [0.717, 1.165) is 6.42 Å². The molecule has 0 saturated heterocycles. The van der Waals surface area contributed by atoms with Crippen LogP contribution in [-0.4, -0.2) is 41.1 Å². The number of ether oxygens (including phenoxy) is 3. The molecule has 31 heavy (non-hydrogen) atoms. The van der Waals surface area contributed by atoms with Crippen LogP contribution < -0.4 is 10.6 Å². The number of benzene rings is 1. The van der Waals surface area contributed by atoms with Gasteiger partial charge in [-0.25, -0.2) is 4.18 Å². The molecule has 0 radical (unpaired) electrons. The normalized spacial score (nSPS) is 12.6. The molecular formula is C22H37NO7S. The van der Waals surface area contributed by atoms with Crippen LogP contribution in [0.2, 0.25) is 0 Å². The second-order valence-corrected chi connectivity index (χ2v) is 8.43. The van der Waals surface area contributed by atoms with Crippen LogP contribution in [0.3, 0.4) is 0 Å². The molecule has 9 heteroatoms. The molecule has 0 saturated carbocycles. The molecule has 0 aromatic heterocycles. The van der Waals surface area contributed by atoms with Crippen molar-refractivity contribution >= 4 is 10.4 Å². The maximum atomic E-state index is 11.1. The first-order chi connectivity index (χ1) is 15.0. The molecule has 0 aliphatic rings. The van der Waals surface area contributed by atoms with Gasteiger partial charge in [0.1, 0.15) is 18.5 Å². The minimum Gasteiger partial charge on any atom is -0.491 e. The largest absolute Gasteiger partial charge is 0.491 e. The van der Waals surface area contributed by atoms with Crippen molar-refractivity contribution in [2.45, 2.75) is 64.4 Å². The van der Waals surface area contributed by atoms with Gasteiger partial charge in [0.15, 0.2) is 6.79 Å². The van der Waals surface area contributed by atoms with Crippen molar-refractivity contribution in [3.05, 3.63) is 42.5 Å². The van der Waals surface area contributed by atoms with E-state index in [1.165, 1.54) is 50.5 Å². The highest BCUT2D eigenvalue weighted by Gasteiger charge is 2.15. The summed E-state index contributed by atoms with van der Waals surface area (Å²) in [6.45, 7) is 5.90. The quantitative estimate of drug-likeness (QED) is 0.135. The van der Waals surface area contributed by atoms with Crippen molar-refractivity contribution in [2.24, 2.45) is 5.90 Å². The molecule has 1 atom stereocenters. The lowest BCUT2D eigenvalue weighted by Gasteiger charge is -2.18. The number of rotatable bonds is 20. The standard InChI is InChI=1S/C22H37NO7S/c1-3-5-6-7-8-9-10-11-20-12-14-21(15-13-20)27-18-22(17-26-16-4-2)28-19-29-31(24,25)30-23/h4,12-15,22H,2-3,5-11,16-19,23H2,1H3. The maximum Gasteiger partial charge on any atom is 0.418 e. The van der Waals surface area contributed by atoms with E-state index in [4.69, 9.17) is 14.2 Å². The monoisotopic (exact) mass is 459 g/mol. The van der Waals surface area contributed by atoms with Gasteiger partial charge in [0.2, 0.25) is 0 Å². The summed E-state index contributed by atoms with van der Waals surface area (Å²) in [7, 11) is -4.27. The van der Waals surface area contributed by atoms with Crippen molar-refractivity contribution < 1.29 is 31.1 Å². The van der Waals surface area contributed by atoms with Crippen molar-refractivity contribution in [3.63, 3.8) is 0 Å². The molecular weight excluding hydrogens is 422 g/mol. The first kappa shape index (κ1) is 27.5. The number of unbranched alkanes of at least 4 members (excludes halogenated alkanes) is 6. The van der Waals surface area contributed by atoms with Crippen molar-refractivity contribution in [1.82, 2.24) is 0 Å². The number of aryl methyl sites for hydroxylation is 1. The molecule has 0 amide bonds. The lowest BCUT2D eigenvalue weighted by atomic mass is 10.0. The summed E-state index contributed by atoms with van der Waals surface area (Å²) in [5.74, 6) is 5.30. The molecule has 1 unspecified atom stereocenters. The molecule has 2 N–H and O–H groups in total. The van der Waals surface area contributed by atoms with E-state index in [-0.39, 0.29) is 13.2 Å². The Labute approximate surface area is 186 Å². The van der Waals surface area contributed by atoms with E-state index in [1.54, 1.807) is 6.08 Å². The molecule has 0 fully saturated rings. The SMILES string of the molecule is C=CCOCC(COc1ccc(CCCCCCCCC)cc1)OCOS(=O)(=O)ON. The molecule has 178 valence electrons. The van der Waals surface area contributed by atoms with Crippen LogP contribution in [0.1, 0.15) is 57.4 Å². The summed E-state index contributed by atoms with van der Waals surface area (Å²) in [5.41, 5.74) is 1.28. The van der Waals surface area contributed by atoms with Gasteiger partial charge in [-0.05, 0) is 30.5 Å². The lowest BCUT2D eigenvalue weighted by molar-refractivity contribution is -0.0842. The topological polar surface area (TPSA) is 106 Å². The molecule has 0 aliphatic carbocycles. The number of hydrogen-bond donors (Lipinski definition) is 1. The zero-order chi connectivity index (χ0) is 22.8. The summed E-state index contributed by atoms with van der Waals surface area (Å²) in [5, 5.41) is 0. The third kappa shape index (κ3) is 14.2. The molecule has 0 heterocycles. The molecule has 8 nitrogen and oxygen atoms in total. The van der Waals surface area contributed by atoms with Crippen LogP contribution in [0.5, 0.6) is 5.75 Å². The zero-order valence-electron chi connectivity index (χ0n) is 18.5. The highest BCUT2D eigenvalue weighted by molar-refractivity contribution is 7.81. The molecule has 0 aliphatic heterocycles. The van der Waals surface area contributed by atoms with Crippen LogP contribution >= 0.6 is 0 Å². The van der Waals surface area contributed by atoms with Gasteiger partial charge in [-0.3, -0.25) is 0 Å². The summed E-state index contributed by atoms with van der Waals surface area (Å²) in [4.78, 5) is 0. The Balaban J connectivity index is 2.37. The molecule has 1 aromatic rings. The van der Waals surface area contributed by atoms with Crippen LogP contribution in [0, 0.1) is 0 Å². The highest BCUT2D eigenvalue weighted by Crippen LogP contribution is 2.16. The van der Waals surface area contributed by atoms with E-state index >= 15 is 0 Å². The van der Waals surface area contributed by atoms with Gasteiger partial charge in [0.05, 0.1) is 13.2 Å². The van der Waals surface area contributed by atoms with Crippen LogP contribution in [-0.2, 0) is 34.8 Å². The smallest absolute Gasteiger partial charge is 0.418 e. The van der Waals surface area contributed by atoms with E-state index < -0.39 is 23.3 Å². The predicted octanol–water partition coefficient (Wildman–Crippen LogP) is 4.06. The minimum atomic E-state index is -4.27. The first-order valence-electron chi connectivity index (χ1n) is 10.8. The van der Waals surface area contributed by atoms with Gasteiger partial charge in [-0.15, -0.1) is 6.58 Å². The van der Waals surface area contributed by atoms with Crippen molar-refractivity contribution in [1.29, 1.82) is 0 Å². The van der Waals surface area contributed by atoms with E-state index in [0.29, 0.717) is 12.4 Å². The van der Waals surface area contributed by atoms with Crippen LogP contribution in [0.25, 0.3) is 0 Å². The van der Waals surface area contributed by atoms with Gasteiger partial charge in [0.25, 0.3) is 0 Å². The minimum absolute atomic E-state index is 0.154. The molecule has 0 spiro atoms. The second-order valence-electron chi connectivity index (χ2n) is 7.18. The summed E-state index contributed by atoms with van der Waals surface area (Å²) < 4.78 is 46.8. The van der Waals surface area contributed by atoms with E-state index in [9.17, 15) is 8.42 Å². The summed E-state index contributed by atoms with van der Waals surface area (Å²) >= 11 is 0. The fourth-order valence-corrected chi connectivity index (χ4v) is 3.09. The van der Waals surface area contributed by atoms with Crippen LogP contribution in [0.4, 0.5) is 0 Å². The van der Waals surface area contributed by atoms with Gasteiger partial charge in [-0.1, -0.05) is 63.7 Å². The third-order valence-electron chi connectivity index (χ3n) is 4.58. The van der Waals surface area contributed by atoms with Gasteiger partial charge in [0, 0.05) is 0 Å². The van der Waals surface area contributed by atoms with Gasteiger partial charge in [-0.2, -0.15) is 18.6 Å². The first-order valence-corrected chi connectivity index (χ1v) is 12.1. The van der Waals surface area contributed by atoms with Gasteiger partial charge >= 0.3 is 10.4 Å². The average molecular weight is 460 g/mol. The fourth-order valence-electron chi connectivity index (χ4n) is 2.87. The fraction of sp³-hybridized carbons (Fsp3) is 0.636. The van der Waals surface area contributed by atoms with Crippen molar-refractivity contribution in [2.75, 3.05) is 26.6 Å². The van der Waals surface area contributed by atoms with Gasteiger partial charge < -0.3 is 14.2 Å². The number of nitrogens with two attached hydrogens (primary N) is 1. The third-order valence-corrected chi connectivity index (χ3v) is 5.20. The Morgan fingerprint density at radius 3 is 2.35 bits per heavy atom. The molecule has 1 rings (SSSR count). The second kappa shape index (κ2) is 17.1. The molecule has 0 bridgehead atoms. The summed E-state index contributed by atoms with van der Waals surface area (Å²) in [6.07, 6.45) is 11.2. The molecule has 1 aromatic carbocycles. The highest BCUT2D eigenvalue weighted by atomic mass is 32.3. The zero-order valence-corrected chi connectivity index (χ0v) is 19.3. The van der Waals surface area contributed by atoms with Crippen LogP contribution in [0.15, 0.2) is 36.9 Å². The Morgan fingerprint density at radius 2 is 1.71 bits per heavy atom. The Kier molecular flexibility index (Phi) is 15.2. The lowest BCUT2D eigenvalue weighted by Crippen LogP contribution is -2.29. The Hall–Kier alpha value is -1.49. The summed E-state index contributed by atoms with van der Waals surface area (Å²) in [6, 6.07) is 7.96. The average Bonchev–Trinajstić information content (AvgIpc) is 2.77. The van der Waals surface area contributed by atoms with E-state index in [2.05, 4.69) is 40.0 Å². The van der Waals surface area contributed by atoms with Crippen molar-refractivity contribution in [3.8, 4) is 5.75 Å². The Bertz CT molecular complexity index is 680. The number of hydrogen-bond acceptors (Lipinski definition) is 8. The predicted molar refractivity (Wildman–Crippen MR) is 120 cm³/mol. The Morgan fingerprint density at radius 1 is 1.03 bits per heavy atom. The van der Waals surface area contributed by atoms with E-state index in [1.807, 2.05) is 12.1 Å². The maximum absolute atomic E-state index is 11.1.